The molecule has 1 amide bonds. The number of carbonyl (C=O) groups is 1. The quantitative estimate of drug-likeness (QED) is 0.693. The van der Waals surface area contributed by atoms with Crippen LogP contribution < -0.4 is 11.1 Å². The number of aromatic amines is 1. The fourth-order valence-corrected chi connectivity index (χ4v) is 2.77. The summed E-state index contributed by atoms with van der Waals surface area (Å²) in [6, 6.07) is 7.91. The number of fused-ring (bicyclic) bond motifs is 1. The molecule has 4 nitrogen and oxygen atoms in total. The molecule has 0 aliphatic heterocycles. The van der Waals surface area contributed by atoms with Crippen molar-refractivity contribution in [1.82, 2.24) is 4.98 Å². The summed E-state index contributed by atoms with van der Waals surface area (Å²) in [4.78, 5) is 15.2. The minimum atomic E-state index is 0.0861. The number of hydrogen-bond donors (Lipinski definition) is 3. The van der Waals surface area contributed by atoms with E-state index in [4.69, 9.17) is 5.73 Å². The minimum absolute atomic E-state index is 0.0861. The molecule has 1 aromatic heterocycles. The minimum Gasteiger partial charge on any atom is -0.361 e. The van der Waals surface area contributed by atoms with E-state index in [-0.39, 0.29) is 5.91 Å². The maximum Gasteiger partial charge on any atom is 0.224 e. The van der Waals surface area contributed by atoms with Crippen LogP contribution >= 0.6 is 0 Å². The highest BCUT2D eigenvalue weighted by Crippen LogP contribution is 2.20. The number of H-pyrrole nitrogens is 1. The summed E-state index contributed by atoms with van der Waals surface area (Å²) >= 11 is 0. The molecule has 0 fully saturated rings. The molecule has 0 radical (unpaired) electrons. The van der Waals surface area contributed by atoms with Crippen LogP contribution in [0.25, 0.3) is 10.9 Å². The molecule has 0 aliphatic carbocycles. The van der Waals surface area contributed by atoms with Crippen molar-refractivity contribution in [2.24, 2.45) is 11.7 Å². The van der Waals surface area contributed by atoms with Crippen LogP contribution in [-0.2, 0) is 4.79 Å². The third kappa shape index (κ3) is 4.60. The topological polar surface area (TPSA) is 70.9 Å². The number of nitrogens with two attached hydrogens (primary N) is 1. The van der Waals surface area contributed by atoms with Crippen LogP contribution in [0.3, 0.4) is 0 Å². The fourth-order valence-electron chi connectivity index (χ4n) is 2.77. The maximum atomic E-state index is 12.0. The van der Waals surface area contributed by atoms with Crippen molar-refractivity contribution < 1.29 is 4.79 Å². The molecule has 1 aromatic carbocycles. The molecular weight excluding hydrogens is 262 g/mol. The first-order valence-electron chi connectivity index (χ1n) is 7.80. The van der Waals surface area contributed by atoms with E-state index in [2.05, 4.69) is 17.2 Å². The van der Waals surface area contributed by atoms with Gasteiger partial charge in [-0.1, -0.05) is 19.8 Å². The number of aromatic nitrogens is 1. The number of benzene rings is 1. The van der Waals surface area contributed by atoms with Crippen LogP contribution in [0.15, 0.2) is 30.5 Å². The zero-order valence-electron chi connectivity index (χ0n) is 12.7. The van der Waals surface area contributed by atoms with E-state index >= 15 is 0 Å². The van der Waals surface area contributed by atoms with Crippen molar-refractivity contribution in [3.63, 3.8) is 0 Å². The summed E-state index contributed by atoms with van der Waals surface area (Å²) in [6.07, 6.45) is 6.70. The maximum absolute atomic E-state index is 12.0. The van der Waals surface area contributed by atoms with E-state index < -0.39 is 0 Å². The lowest BCUT2D eigenvalue weighted by Gasteiger charge is -2.14. The summed E-state index contributed by atoms with van der Waals surface area (Å²) in [6.45, 7) is 2.88. The van der Waals surface area contributed by atoms with Crippen LogP contribution in [0.5, 0.6) is 0 Å². The van der Waals surface area contributed by atoms with Gasteiger partial charge in [0, 0.05) is 29.2 Å². The Bertz CT molecular complexity index is 570. The van der Waals surface area contributed by atoms with E-state index in [1.165, 1.54) is 0 Å². The molecule has 2 aromatic rings. The lowest BCUT2D eigenvalue weighted by molar-refractivity contribution is -0.116. The van der Waals surface area contributed by atoms with Crippen molar-refractivity contribution in [2.45, 2.75) is 39.0 Å². The number of nitrogens with one attached hydrogen (secondary N) is 2. The third-order valence-corrected chi connectivity index (χ3v) is 3.89. The molecule has 4 N–H and O–H groups in total. The molecule has 1 heterocycles. The second-order valence-corrected chi connectivity index (χ2v) is 5.60. The standard InChI is InChI=1S/C17H25N3O/c1-2-3-13(8-10-18)4-7-17(21)20-15-5-6-16-14(12-15)9-11-19-16/h5-6,9,11-13,19H,2-4,7-8,10,18H2,1H3,(H,20,21). The van der Waals surface area contributed by atoms with E-state index in [1.807, 2.05) is 30.5 Å². The van der Waals surface area contributed by atoms with E-state index in [0.29, 0.717) is 18.9 Å². The molecule has 2 rings (SSSR count). The van der Waals surface area contributed by atoms with Crippen LogP contribution in [-0.4, -0.2) is 17.4 Å². The van der Waals surface area contributed by atoms with Crippen LogP contribution in [0.1, 0.15) is 39.0 Å². The number of carbonyl (C=O) groups excluding carboxylic acids is 1. The lowest BCUT2D eigenvalue weighted by atomic mass is 9.94. The van der Waals surface area contributed by atoms with Crippen molar-refractivity contribution in [3.05, 3.63) is 30.5 Å². The SMILES string of the molecule is CCCC(CCN)CCC(=O)Nc1ccc2[nH]ccc2c1. The van der Waals surface area contributed by atoms with Gasteiger partial charge in [0.1, 0.15) is 0 Å². The predicted octanol–water partition coefficient (Wildman–Crippen LogP) is 3.65. The Morgan fingerprint density at radius 3 is 2.90 bits per heavy atom. The Balaban J connectivity index is 1.85. The average molecular weight is 287 g/mol. The number of rotatable bonds is 8. The first kappa shape index (κ1) is 15.6. The Kier molecular flexibility index (Phi) is 5.81. The molecule has 4 heteroatoms. The van der Waals surface area contributed by atoms with Crippen molar-refractivity contribution >= 4 is 22.5 Å². The Morgan fingerprint density at radius 1 is 1.29 bits per heavy atom. The monoisotopic (exact) mass is 287 g/mol. The van der Waals surface area contributed by atoms with E-state index in [9.17, 15) is 4.79 Å². The molecule has 114 valence electrons. The summed E-state index contributed by atoms with van der Waals surface area (Å²) in [5.74, 6) is 0.654. The van der Waals surface area contributed by atoms with Gasteiger partial charge in [0.25, 0.3) is 0 Å². The van der Waals surface area contributed by atoms with Crippen LogP contribution in [0.4, 0.5) is 5.69 Å². The summed E-state index contributed by atoms with van der Waals surface area (Å²) in [7, 11) is 0. The van der Waals surface area contributed by atoms with Crippen LogP contribution in [0.2, 0.25) is 0 Å². The molecule has 1 atom stereocenters. The van der Waals surface area contributed by atoms with Gasteiger partial charge in [0.2, 0.25) is 5.91 Å². The summed E-state index contributed by atoms with van der Waals surface area (Å²) in [5, 5.41) is 4.09. The second-order valence-electron chi connectivity index (χ2n) is 5.60. The first-order chi connectivity index (χ1) is 10.2. The van der Waals surface area contributed by atoms with Gasteiger partial charge in [-0.15, -0.1) is 0 Å². The number of anilines is 1. The average Bonchev–Trinajstić information content (AvgIpc) is 2.93. The smallest absolute Gasteiger partial charge is 0.224 e. The largest absolute Gasteiger partial charge is 0.361 e. The van der Waals surface area contributed by atoms with Gasteiger partial charge in [-0.3, -0.25) is 4.79 Å². The molecule has 1 unspecified atom stereocenters. The van der Waals surface area contributed by atoms with Gasteiger partial charge in [0.05, 0.1) is 0 Å². The van der Waals surface area contributed by atoms with Crippen molar-refractivity contribution in [3.8, 4) is 0 Å². The first-order valence-corrected chi connectivity index (χ1v) is 7.80. The van der Waals surface area contributed by atoms with Crippen LogP contribution in [0, 0.1) is 5.92 Å². The molecule has 0 bridgehead atoms. The van der Waals surface area contributed by atoms with Crippen molar-refractivity contribution in [1.29, 1.82) is 0 Å². The Labute approximate surface area is 126 Å². The van der Waals surface area contributed by atoms with Gasteiger partial charge >= 0.3 is 0 Å². The number of amides is 1. The van der Waals surface area contributed by atoms with Gasteiger partial charge in [-0.25, -0.2) is 0 Å². The molecule has 21 heavy (non-hydrogen) atoms. The Hall–Kier alpha value is -1.81. The van der Waals surface area contributed by atoms with Gasteiger partial charge in [-0.05, 0) is 49.6 Å². The molecule has 0 aliphatic rings. The zero-order chi connectivity index (χ0) is 15.1. The second kappa shape index (κ2) is 7.84. The van der Waals surface area contributed by atoms with Gasteiger partial charge < -0.3 is 16.0 Å². The normalized spacial score (nSPS) is 12.5. The molecule has 0 spiro atoms. The fraction of sp³-hybridized carbons (Fsp3) is 0.471. The van der Waals surface area contributed by atoms with Gasteiger partial charge in [0.15, 0.2) is 0 Å². The van der Waals surface area contributed by atoms with Gasteiger partial charge in [-0.2, -0.15) is 0 Å². The lowest BCUT2D eigenvalue weighted by Crippen LogP contribution is -2.15. The Morgan fingerprint density at radius 2 is 2.14 bits per heavy atom. The highest BCUT2D eigenvalue weighted by atomic mass is 16.1. The molecular formula is C17H25N3O. The third-order valence-electron chi connectivity index (χ3n) is 3.89. The predicted molar refractivity (Wildman–Crippen MR) is 88.2 cm³/mol. The summed E-state index contributed by atoms with van der Waals surface area (Å²) < 4.78 is 0. The molecule has 0 saturated carbocycles. The number of hydrogen-bond acceptors (Lipinski definition) is 2. The summed E-state index contributed by atoms with van der Waals surface area (Å²) in [5.41, 5.74) is 7.57. The zero-order valence-corrected chi connectivity index (χ0v) is 12.7. The van der Waals surface area contributed by atoms with E-state index in [0.717, 1.165) is 42.3 Å². The van der Waals surface area contributed by atoms with E-state index in [1.54, 1.807) is 0 Å². The highest BCUT2D eigenvalue weighted by molar-refractivity contribution is 5.93. The molecule has 0 saturated heterocycles. The van der Waals surface area contributed by atoms with Crippen molar-refractivity contribution in [2.75, 3.05) is 11.9 Å². The highest BCUT2D eigenvalue weighted by Gasteiger charge is 2.10.